The van der Waals surface area contributed by atoms with Crippen molar-refractivity contribution in [1.29, 1.82) is 0 Å². The van der Waals surface area contributed by atoms with Gasteiger partial charge in [0.1, 0.15) is 11.1 Å². The molecule has 0 saturated carbocycles. The monoisotopic (exact) mass is 181 g/mol. The molecule has 0 fully saturated rings. The van der Waals surface area contributed by atoms with Crippen LogP contribution in [0.2, 0.25) is 0 Å². The van der Waals surface area contributed by atoms with Gasteiger partial charge in [-0.2, -0.15) is 5.10 Å². The zero-order valence-corrected chi connectivity index (χ0v) is 6.95. The van der Waals surface area contributed by atoms with E-state index in [9.17, 15) is 5.11 Å². The molecule has 2 N–H and O–H groups in total. The van der Waals surface area contributed by atoms with Gasteiger partial charge < -0.3 is 5.11 Å². The lowest BCUT2D eigenvalue weighted by molar-refractivity contribution is 0.220. The number of thiazole rings is 1. The quantitative estimate of drug-likeness (QED) is 0.725. The van der Waals surface area contributed by atoms with Crippen LogP contribution in [-0.4, -0.2) is 20.3 Å². The molecule has 0 aromatic carbocycles. The van der Waals surface area contributed by atoms with Crippen LogP contribution in [0.5, 0.6) is 0 Å². The largest absolute Gasteiger partial charge is 0.381 e. The smallest absolute Gasteiger partial charge is 0.134 e. The van der Waals surface area contributed by atoms with E-state index in [0.717, 1.165) is 5.56 Å². The number of nitrogens with one attached hydrogen (secondary N) is 1. The molecule has 0 aliphatic heterocycles. The number of H-pyrrole nitrogens is 1. The zero-order chi connectivity index (χ0) is 8.39. The molecule has 5 heteroatoms. The summed E-state index contributed by atoms with van der Waals surface area (Å²) in [5.74, 6) is 0. The molecule has 2 aromatic heterocycles. The fourth-order valence-corrected chi connectivity index (χ4v) is 1.57. The minimum absolute atomic E-state index is 0.649. The highest BCUT2D eigenvalue weighted by Crippen LogP contribution is 2.21. The minimum atomic E-state index is -0.649. The molecule has 4 nitrogen and oxygen atoms in total. The molecular weight excluding hydrogens is 174 g/mol. The standard InChI is InChI=1S/C7H7N3OS/c11-6(5-3-9-10-4-5)7-8-1-2-12-7/h1-4,6,11H,(H,9,10). The number of rotatable bonds is 2. The second kappa shape index (κ2) is 3.04. The van der Waals surface area contributed by atoms with E-state index >= 15 is 0 Å². The predicted molar refractivity (Wildman–Crippen MR) is 44.8 cm³/mol. The highest BCUT2D eigenvalue weighted by atomic mass is 32.1. The number of hydrogen-bond acceptors (Lipinski definition) is 4. The van der Waals surface area contributed by atoms with Crippen LogP contribution >= 0.6 is 11.3 Å². The topological polar surface area (TPSA) is 61.8 Å². The number of nitrogens with zero attached hydrogens (tertiary/aromatic N) is 2. The Morgan fingerprint density at radius 3 is 3.08 bits per heavy atom. The Labute approximate surface area is 72.9 Å². The van der Waals surface area contributed by atoms with E-state index in [1.165, 1.54) is 11.3 Å². The highest BCUT2D eigenvalue weighted by Gasteiger charge is 2.12. The van der Waals surface area contributed by atoms with Crippen LogP contribution in [0, 0.1) is 0 Å². The maximum Gasteiger partial charge on any atom is 0.134 e. The van der Waals surface area contributed by atoms with Crippen LogP contribution in [-0.2, 0) is 0 Å². The van der Waals surface area contributed by atoms with Gasteiger partial charge in [-0.25, -0.2) is 4.98 Å². The molecular formula is C7H7N3OS. The average Bonchev–Trinajstić information content (AvgIpc) is 2.77. The molecule has 0 saturated heterocycles. The normalized spacial score (nSPS) is 13.1. The Morgan fingerprint density at radius 2 is 2.50 bits per heavy atom. The highest BCUT2D eigenvalue weighted by molar-refractivity contribution is 7.09. The van der Waals surface area contributed by atoms with Gasteiger partial charge in [0.05, 0.1) is 6.20 Å². The Morgan fingerprint density at radius 1 is 1.58 bits per heavy atom. The third-order valence-corrected chi connectivity index (χ3v) is 2.35. The van der Waals surface area contributed by atoms with Crippen molar-refractivity contribution >= 4 is 11.3 Å². The van der Waals surface area contributed by atoms with Crippen molar-refractivity contribution < 1.29 is 5.11 Å². The van der Waals surface area contributed by atoms with Crippen LogP contribution in [0.25, 0.3) is 0 Å². The van der Waals surface area contributed by atoms with E-state index in [0.29, 0.717) is 5.01 Å². The summed E-state index contributed by atoms with van der Waals surface area (Å²) in [6.07, 6.45) is 4.27. The molecule has 0 bridgehead atoms. The Hall–Kier alpha value is -1.20. The summed E-state index contributed by atoms with van der Waals surface area (Å²) in [6, 6.07) is 0. The van der Waals surface area contributed by atoms with E-state index in [2.05, 4.69) is 15.2 Å². The van der Waals surface area contributed by atoms with Gasteiger partial charge in [0, 0.05) is 23.3 Å². The summed E-state index contributed by atoms with van der Waals surface area (Å²) in [7, 11) is 0. The fourth-order valence-electron chi connectivity index (χ4n) is 0.923. The van der Waals surface area contributed by atoms with Crippen molar-refractivity contribution in [3.63, 3.8) is 0 Å². The van der Waals surface area contributed by atoms with E-state index in [-0.39, 0.29) is 0 Å². The maximum atomic E-state index is 9.66. The van der Waals surface area contributed by atoms with Gasteiger partial charge in [-0.05, 0) is 0 Å². The second-order valence-corrected chi connectivity index (χ2v) is 3.23. The van der Waals surface area contributed by atoms with Crippen LogP contribution in [0.3, 0.4) is 0 Å². The molecule has 0 spiro atoms. The average molecular weight is 181 g/mol. The van der Waals surface area contributed by atoms with E-state index < -0.39 is 6.10 Å². The molecule has 0 aliphatic rings. The molecule has 62 valence electrons. The van der Waals surface area contributed by atoms with Crippen LogP contribution in [0.15, 0.2) is 24.0 Å². The first-order chi connectivity index (χ1) is 5.88. The molecule has 0 amide bonds. The van der Waals surface area contributed by atoms with Crippen LogP contribution in [0.1, 0.15) is 16.7 Å². The Bertz CT molecular complexity index is 295. The van der Waals surface area contributed by atoms with Gasteiger partial charge in [0.2, 0.25) is 0 Å². The van der Waals surface area contributed by atoms with Crippen molar-refractivity contribution in [1.82, 2.24) is 15.2 Å². The Balaban J connectivity index is 2.27. The number of aliphatic hydroxyl groups is 1. The minimum Gasteiger partial charge on any atom is -0.381 e. The number of hydrogen-bond donors (Lipinski definition) is 2. The second-order valence-electron chi connectivity index (χ2n) is 2.30. The van der Waals surface area contributed by atoms with Crippen LogP contribution < -0.4 is 0 Å². The third kappa shape index (κ3) is 1.24. The van der Waals surface area contributed by atoms with Gasteiger partial charge in [-0.1, -0.05) is 0 Å². The van der Waals surface area contributed by atoms with Gasteiger partial charge in [-0.3, -0.25) is 5.10 Å². The fraction of sp³-hybridized carbons (Fsp3) is 0.143. The summed E-state index contributed by atoms with van der Waals surface area (Å²) in [4.78, 5) is 4.00. The van der Waals surface area contributed by atoms with Gasteiger partial charge >= 0.3 is 0 Å². The van der Waals surface area contributed by atoms with Gasteiger partial charge in [-0.15, -0.1) is 11.3 Å². The summed E-state index contributed by atoms with van der Waals surface area (Å²) >= 11 is 1.43. The molecule has 0 aliphatic carbocycles. The summed E-state index contributed by atoms with van der Waals surface area (Å²) in [5, 5.41) is 18.6. The number of aromatic nitrogens is 3. The number of aliphatic hydroxyl groups excluding tert-OH is 1. The zero-order valence-electron chi connectivity index (χ0n) is 6.14. The summed E-state index contributed by atoms with van der Waals surface area (Å²) < 4.78 is 0. The summed E-state index contributed by atoms with van der Waals surface area (Å²) in [6.45, 7) is 0. The molecule has 12 heavy (non-hydrogen) atoms. The summed E-state index contributed by atoms with van der Waals surface area (Å²) in [5.41, 5.74) is 0.741. The van der Waals surface area contributed by atoms with E-state index in [4.69, 9.17) is 0 Å². The lowest BCUT2D eigenvalue weighted by atomic mass is 10.2. The predicted octanol–water partition coefficient (Wildman–Crippen LogP) is 0.948. The van der Waals surface area contributed by atoms with E-state index in [1.54, 1.807) is 18.6 Å². The first-order valence-electron chi connectivity index (χ1n) is 3.44. The molecule has 2 rings (SSSR count). The SMILES string of the molecule is OC(c1cn[nH]c1)c1nccs1. The lowest BCUT2D eigenvalue weighted by Crippen LogP contribution is -1.96. The lowest BCUT2D eigenvalue weighted by Gasteiger charge is -2.01. The number of aromatic amines is 1. The maximum absolute atomic E-state index is 9.66. The molecule has 2 aromatic rings. The molecule has 0 radical (unpaired) electrons. The van der Waals surface area contributed by atoms with Gasteiger partial charge in [0.15, 0.2) is 0 Å². The first kappa shape index (κ1) is 7.45. The van der Waals surface area contributed by atoms with Crippen molar-refractivity contribution in [2.75, 3.05) is 0 Å². The molecule has 1 atom stereocenters. The van der Waals surface area contributed by atoms with Crippen molar-refractivity contribution in [2.45, 2.75) is 6.10 Å². The first-order valence-corrected chi connectivity index (χ1v) is 4.32. The van der Waals surface area contributed by atoms with Crippen molar-refractivity contribution in [3.8, 4) is 0 Å². The van der Waals surface area contributed by atoms with E-state index in [1.807, 2.05) is 5.38 Å². The van der Waals surface area contributed by atoms with Crippen molar-refractivity contribution in [3.05, 3.63) is 34.5 Å². The molecule has 1 unspecified atom stereocenters. The third-order valence-electron chi connectivity index (χ3n) is 1.52. The van der Waals surface area contributed by atoms with Crippen LogP contribution in [0.4, 0.5) is 0 Å². The van der Waals surface area contributed by atoms with Gasteiger partial charge in [0.25, 0.3) is 0 Å². The van der Waals surface area contributed by atoms with Crippen molar-refractivity contribution in [2.24, 2.45) is 0 Å². The molecule has 2 heterocycles. The Kier molecular flexibility index (Phi) is 1.89.